The largest absolute Gasteiger partial charge is 0.361 e. The fourth-order valence-corrected chi connectivity index (χ4v) is 2.95. The molecule has 1 fully saturated rings. The Bertz CT molecular complexity index is 713. The number of hydrogen-bond acceptors (Lipinski definition) is 7. The molecule has 0 aliphatic carbocycles. The van der Waals surface area contributed by atoms with Crippen molar-refractivity contribution in [3.8, 4) is 0 Å². The lowest BCUT2D eigenvalue weighted by atomic mass is 10.1. The Morgan fingerprint density at radius 2 is 1.80 bits per heavy atom. The van der Waals surface area contributed by atoms with Gasteiger partial charge in [0.15, 0.2) is 0 Å². The van der Waals surface area contributed by atoms with Crippen molar-refractivity contribution >= 4 is 11.8 Å². The first-order valence-corrected chi connectivity index (χ1v) is 8.22. The van der Waals surface area contributed by atoms with Gasteiger partial charge in [-0.15, -0.1) is 5.10 Å². The standard InChI is InChI=1S/C15H21N7O3/c1-11-13(12(2)25-17-11)3-4-14(23)20-5-7-21(8-6-20)15(24)9-22-10-16-18-19-22/h10H,3-9H2,1-2H3. The molecule has 2 amide bonds. The summed E-state index contributed by atoms with van der Waals surface area (Å²) < 4.78 is 6.51. The zero-order valence-corrected chi connectivity index (χ0v) is 14.4. The topological polar surface area (TPSA) is 110 Å². The molecule has 0 spiro atoms. The molecule has 1 saturated heterocycles. The number of hydrogen-bond donors (Lipinski definition) is 0. The predicted molar refractivity (Wildman–Crippen MR) is 85.3 cm³/mol. The molecule has 0 aromatic carbocycles. The highest BCUT2D eigenvalue weighted by molar-refractivity contribution is 5.78. The van der Waals surface area contributed by atoms with Crippen molar-refractivity contribution in [3.63, 3.8) is 0 Å². The van der Waals surface area contributed by atoms with E-state index < -0.39 is 0 Å². The molecular weight excluding hydrogens is 326 g/mol. The van der Waals surface area contributed by atoms with Crippen molar-refractivity contribution in [1.82, 2.24) is 35.2 Å². The molecule has 3 rings (SSSR count). The van der Waals surface area contributed by atoms with Crippen molar-refractivity contribution in [2.45, 2.75) is 33.2 Å². The molecule has 25 heavy (non-hydrogen) atoms. The number of amides is 2. The van der Waals surface area contributed by atoms with E-state index in [-0.39, 0.29) is 18.4 Å². The molecule has 0 atom stereocenters. The molecular formula is C15H21N7O3. The number of rotatable bonds is 5. The number of aromatic nitrogens is 5. The average molecular weight is 347 g/mol. The van der Waals surface area contributed by atoms with Gasteiger partial charge in [0.1, 0.15) is 18.6 Å². The first-order chi connectivity index (χ1) is 12.0. The smallest absolute Gasteiger partial charge is 0.244 e. The molecule has 2 aromatic heterocycles. The van der Waals surface area contributed by atoms with Crippen molar-refractivity contribution in [2.75, 3.05) is 26.2 Å². The monoisotopic (exact) mass is 347 g/mol. The number of carbonyl (C=O) groups is 2. The number of carbonyl (C=O) groups excluding carboxylic acids is 2. The molecule has 0 unspecified atom stereocenters. The van der Waals surface area contributed by atoms with E-state index in [9.17, 15) is 9.59 Å². The summed E-state index contributed by atoms with van der Waals surface area (Å²) in [5.41, 5.74) is 1.84. The van der Waals surface area contributed by atoms with Gasteiger partial charge in [0, 0.05) is 38.2 Å². The second-order valence-corrected chi connectivity index (χ2v) is 6.07. The van der Waals surface area contributed by atoms with Crippen molar-refractivity contribution in [3.05, 3.63) is 23.3 Å². The van der Waals surface area contributed by atoms with Gasteiger partial charge in [0.2, 0.25) is 11.8 Å². The molecule has 0 radical (unpaired) electrons. The van der Waals surface area contributed by atoms with Gasteiger partial charge in [-0.3, -0.25) is 9.59 Å². The third-order valence-electron chi connectivity index (χ3n) is 4.44. The van der Waals surface area contributed by atoms with Gasteiger partial charge in [0.05, 0.1) is 5.69 Å². The maximum atomic E-state index is 12.4. The molecule has 1 aliphatic heterocycles. The number of aryl methyl sites for hydroxylation is 2. The maximum Gasteiger partial charge on any atom is 0.244 e. The zero-order valence-electron chi connectivity index (χ0n) is 14.4. The third kappa shape index (κ3) is 4.01. The van der Waals surface area contributed by atoms with E-state index in [2.05, 4.69) is 20.7 Å². The lowest BCUT2D eigenvalue weighted by Gasteiger charge is -2.34. The summed E-state index contributed by atoms with van der Waals surface area (Å²) >= 11 is 0. The highest BCUT2D eigenvalue weighted by atomic mass is 16.5. The van der Waals surface area contributed by atoms with Gasteiger partial charge in [-0.25, -0.2) is 4.68 Å². The van der Waals surface area contributed by atoms with Crippen LogP contribution in [0.4, 0.5) is 0 Å². The number of piperazine rings is 1. The van der Waals surface area contributed by atoms with Crippen LogP contribution in [0.5, 0.6) is 0 Å². The molecule has 10 heteroatoms. The molecule has 3 heterocycles. The molecule has 0 saturated carbocycles. The van der Waals surface area contributed by atoms with Crippen LogP contribution in [-0.2, 0) is 22.6 Å². The fourth-order valence-electron chi connectivity index (χ4n) is 2.95. The van der Waals surface area contributed by atoms with Gasteiger partial charge in [-0.05, 0) is 30.7 Å². The summed E-state index contributed by atoms with van der Waals surface area (Å²) in [7, 11) is 0. The summed E-state index contributed by atoms with van der Waals surface area (Å²) in [6.07, 6.45) is 2.45. The van der Waals surface area contributed by atoms with Gasteiger partial charge in [-0.2, -0.15) is 0 Å². The Morgan fingerprint density at radius 3 is 2.36 bits per heavy atom. The van der Waals surface area contributed by atoms with E-state index in [1.807, 2.05) is 13.8 Å². The van der Waals surface area contributed by atoms with E-state index in [1.165, 1.54) is 11.0 Å². The SMILES string of the molecule is Cc1noc(C)c1CCC(=O)N1CCN(C(=O)Cn2cnnn2)CC1. The van der Waals surface area contributed by atoms with Crippen LogP contribution < -0.4 is 0 Å². The zero-order chi connectivity index (χ0) is 17.8. The number of nitrogens with zero attached hydrogens (tertiary/aromatic N) is 7. The van der Waals surface area contributed by atoms with Crippen LogP contribution in [0.25, 0.3) is 0 Å². The van der Waals surface area contributed by atoms with Gasteiger partial charge < -0.3 is 14.3 Å². The average Bonchev–Trinajstić information content (AvgIpc) is 3.23. The minimum atomic E-state index is -0.0462. The lowest BCUT2D eigenvalue weighted by Crippen LogP contribution is -2.51. The Kier molecular flexibility index (Phi) is 5.05. The Hall–Kier alpha value is -2.78. The first-order valence-electron chi connectivity index (χ1n) is 8.22. The van der Waals surface area contributed by atoms with Crippen LogP contribution in [0.3, 0.4) is 0 Å². The van der Waals surface area contributed by atoms with Gasteiger partial charge in [-0.1, -0.05) is 5.16 Å². The second kappa shape index (κ2) is 7.41. The summed E-state index contributed by atoms with van der Waals surface area (Å²) in [4.78, 5) is 28.1. The van der Waals surface area contributed by atoms with Gasteiger partial charge in [0.25, 0.3) is 0 Å². The van der Waals surface area contributed by atoms with Crippen molar-refractivity contribution in [1.29, 1.82) is 0 Å². The summed E-state index contributed by atoms with van der Waals surface area (Å²) in [6.45, 7) is 5.99. The van der Waals surface area contributed by atoms with E-state index >= 15 is 0 Å². The third-order valence-corrected chi connectivity index (χ3v) is 4.44. The van der Waals surface area contributed by atoms with Crippen molar-refractivity contribution in [2.24, 2.45) is 0 Å². The quantitative estimate of drug-likeness (QED) is 0.722. The molecule has 0 bridgehead atoms. The van der Waals surface area contributed by atoms with Crippen LogP contribution in [0.15, 0.2) is 10.9 Å². The Morgan fingerprint density at radius 1 is 1.12 bits per heavy atom. The number of tetrazole rings is 1. The Labute approximate surface area is 144 Å². The summed E-state index contributed by atoms with van der Waals surface area (Å²) in [5.74, 6) is 0.811. The van der Waals surface area contributed by atoms with Crippen LogP contribution in [0, 0.1) is 13.8 Å². The van der Waals surface area contributed by atoms with Crippen LogP contribution in [0.1, 0.15) is 23.4 Å². The highest BCUT2D eigenvalue weighted by Crippen LogP contribution is 2.15. The lowest BCUT2D eigenvalue weighted by molar-refractivity contribution is -0.140. The molecule has 134 valence electrons. The molecule has 10 nitrogen and oxygen atoms in total. The fraction of sp³-hybridized carbons (Fsp3) is 0.600. The molecule has 2 aromatic rings. The minimum Gasteiger partial charge on any atom is -0.361 e. The van der Waals surface area contributed by atoms with Crippen LogP contribution >= 0.6 is 0 Å². The maximum absolute atomic E-state index is 12.4. The first kappa shape index (κ1) is 17.1. The minimum absolute atomic E-state index is 0.0462. The van der Waals surface area contributed by atoms with E-state index in [4.69, 9.17) is 4.52 Å². The van der Waals surface area contributed by atoms with E-state index in [0.29, 0.717) is 39.0 Å². The Balaban J connectivity index is 1.45. The van der Waals surface area contributed by atoms with Crippen molar-refractivity contribution < 1.29 is 14.1 Å². The van der Waals surface area contributed by atoms with Crippen LogP contribution in [-0.4, -0.2) is 73.2 Å². The molecule has 0 N–H and O–H groups in total. The normalized spacial score (nSPS) is 14.8. The second-order valence-electron chi connectivity index (χ2n) is 6.07. The summed E-state index contributed by atoms with van der Waals surface area (Å²) in [5, 5.41) is 14.6. The van der Waals surface area contributed by atoms with Gasteiger partial charge >= 0.3 is 0 Å². The molecule has 1 aliphatic rings. The predicted octanol–water partition coefficient (Wildman–Crippen LogP) is -0.418. The summed E-state index contributed by atoms with van der Waals surface area (Å²) in [6, 6.07) is 0. The van der Waals surface area contributed by atoms with Crippen LogP contribution in [0.2, 0.25) is 0 Å². The van der Waals surface area contributed by atoms with E-state index in [1.54, 1.807) is 9.80 Å². The highest BCUT2D eigenvalue weighted by Gasteiger charge is 2.24. The van der Waals surface area contributed by atoms with E-state index in [0.717, 1.165) is 17.0 Å².